The number of aryl methyl sites for hydroxylation is 1. The molecule has 35 heavy (non-hydrogen) atoms. The maximum Gasteiger partial charge on any atom is 0.240 e. The van der Waals surface area contributed by atoms with Crippen molar-refractivity contribution in [2.75, 3.05) is 33.2 Å². The van der Waals surface area contributed by atoms with Crippen LogP contribution in [-0.4, -0.2) is 63.5 Å². The zero-order chi connectivity index (χ0) is 25.0. The molecule has 2 aliphatic rings. The summed E-state index contributed by atoms with van der Waals surface area (Å²) in [7, 11) is -1.61. The molecule has 1 saturated heterocycles. The summed E-state index contributed by atoms with van der Waals surface area (Å²) in [6.45, 7) is 7.34. The maximum absolute atomic E-state index is 13.4. The van der Waals surface area contributed by atoms with Gasteiger partial charge in [-0.2, -0.15) is 0 Å². The zero-order valence-electron chi connectivity index (χ0n) is 20.9. The van der Waals surface area contributed by atoms with Gasteiger partial charge in [0.25, 0.3) is 0 Å². The van der Waals surface area contributed by atoms with Crippen molar-refractivity contribution in [2.24, 2.45) is 5.92 Å². The number of hydrogen-bond donors (Lipinski definition) is 1. The van der Waals surface area contributed by atoms with Crippen LogP contribution < -0.4 is 9.46 Å². The van der Waals surface area contributed by atoms with E-state index in [2.05, 4.69) is 28.7 Å². The average molecular weight is 500 g/mol. The third-order valence-electron chi connectivity index (χ3n) is 7.09. The van der Waals surface area contributed by atoms with E-state index >= 15 is 0 Å². The van der Waals surface area contributed by atoms with Crippen LogP contribution in [0.15, 0.2) is 53.4 Å². The first kappa shape index (κ1) is 25.7. The van der Waals surface area contributed by atoms with Crippen molar-refractivity contribution in [2.45, 2.75) is 56.6 Å². The molecule has 1 fully saturated rings. The van der Waals surface area contributed by atoms with Gasteiger partial charge in [-0.3, -0.25) is 4.79 Å². The van der Waals surface area contributed by atoms with Gasteiger partial charge in [-0.25, -0.2) is 13.1 Å². The SMILES string of the molecule is CCNS(=O)(=O)c1ccc2c(c1)CCC(CC(=O)N(C)[C@H](CN1CC[C@H](C)C1)c1ccccc1)O2. The molecule has 0 aromatic heterocycles. The molecule has 8 heteroatoms. The number of likely N-dealkylation sites (N-methyl/N-ethyl adjacent to an activating group) is 1. The second kappa shape index (κ2) is 11.1. The van der Waals surface area contributed by atoms with Crippen molar-refractivity contribution in [3.8, 4) is 5.75 Å². The quantitative estimate of drug-likeness (QED) is 0.570. The molecule has 0 bridgehead atoms. The lowest BCUT2D eigenvalue weighted by Gasteiger charge is -2.34. The number of benzene rings is 2. The zero-order valence-corrected chi connectivity index (χ0v) is 21.8. The van der Waals surface area contributed by atoms with E-state index < -0.39 is 10.0 Å². The number of carbonyl (C=O) groups is 1. The van der Waals surface area contributed by atoms with Crippen LogP contribution in [0.25, 0.3) is 0 Å². The monoisotopic (exact) mass is 499 g/mol. The van der Waals surface area contributed by atoms with Crippen molar-refractivity contribution >= 4 is 15.9 Å². The molecule has 0 saturated carbocycles. The number of likely N-dealkylation sites (tertiary alicyclic amines) is 1. The highest BCUT2D eigenvalue weighted by atomic mass is 32.2. The summed E-state index contributed by atoms with van der Waals surface area (Å²) in [4.78, 5) is 18.0. The van der Waals surface area contributed by atoms with Gasteiger partial charge in [0.05, 0.1) is 17.4 Å². The smallest absolute Gasteiger partial charge is 0.240 e. The first-order chi connectivity index (χ1) is 16.8. The Morgan fingerprint density at radius 1 is 1.20 bits per heavy atom. The van der Waals surface area contributed by atoms with E-state index in [1.165, 1.54) is 6.42 Å². The molecule has 4 rings (SSSR count). The molecule has 2 aromatic carbocycles. The fourth-order valence-corrected chi connectivity index (χ4v) is 6.17. The molecule has 1 unspecified atom stereocenters. The summed E-state index contributed by atoms with van der Waals surface area (Å²) in [6, 6.07) is 15.2. The number of carbonyl (C=O) groups excluding carboxylic acids is 1. The maximum atomic E-state index is 13.4. The predicted molar refractivity (Wildman–Crippen MR) is 137 cm³/mol. The van der Waals surface area contributed by atoms with Gasteiger partial charge in [-0.1, -0.05) is 44.2 Å². The summed E-state index contributed by atoms with van der Waals surface area (Å²) < 4.78 is 33.3. The fraction of sp³-hybridized carbons (Fsp3) is 0.519. The van der Waals surface area contributed by atoms with Crippen molar-refractivity contribution in [1.29, 1.82) is 0 Å². The van der Waals surface area contributed by atoms with Gasteiger partial charge in [0.1, 0.15) is 11.9 Å². The normalized spacial score (nSPS) is 21.2. The van der Waals surface area contributed by atoms with Crippen LogP contribution in [0.3, 0.4) is 0 Å². The molecule has 1 amide bonds. The summed E-state index contributed by atoms with van der Waals surface area (Å²) in [5.74, 6) is 1.42. The molecule has 0 spiro atoms. The highest BCUT2D eigenvalue weighted by Gasteiger charge is 2.30. The summed E-state index contributed by atoms with van der Waals surface area (Å²) in [5, 5.41) is 0. The van der Waals surface area contributed by atoms with Gasteiger partial charge in [0.15, 0.2) is 0 Å². The van der Waals surface area contributed by atoms with E-state index in [1.54, 1.807) is 25.1 Å². The molecule has 0 radical (unpaired) electrons. The van der Waals surface area contributed by atoms with Crippen LogP contribution in [0.5, 0.6) is 5.75 Å². The van der Waals surface area contributed by atoms with Gasteiger partial charge in [-0.05, 0) is 61.1 Å². The minimum atomic E-state index is -3.51. The minimum Gasteiger partial charge on any atom is -0.490 e. The second-order valence-electron chi connectivity index (χ2n) is 9.84. The number of nitrogens with one attached hydrogen (secondary N) is 1. The largest absolute Gasteiger partial charge is 0.490 e. The standard InChI is InChI=1S/C27H37N3O4S/c1-4-28-35(32,33)24-12-13-26-22(16-24)10-11-23(34-26)17-27(31)29(3)25(21-8-6-5-7-9-21)19-30-15-14-20(2)18-30/h5-9,12-13,16,20,23,25,28H,4,10-11,14-15,17-19H2,1-3H3/t20-,23?,25+/m0/s1. The number of fused-ring (bicyclic) bond motifs is 1. The van der Waals surface area contributed by atoms with Crippen LogP contribution in [0.4, 0.5) is 0 Å². The number of ether oxygens (including phenoxy) is 1. The molecule has 0 aliphatic carbocycles. The highest BCUT2D eigenvalue weighted by molar-refractivity contribution is 7.89. The van der Waals surface area contributed by atoms with Crippen molar-refractivity contribution in [3.05, 3.63) is 59.7 Å². The van der Waals surface area contributed by atoms with Gasteiger partial charge in [0.2, 0.25) is 15.9 Å². The lowest BCUT2D eigenvalue weighted by atomic mass is 9.99. The Balaban J connectivity index is 1.43. The number of sulfonamides is 1. The Kier molecular flexibility index (Phi) is 8.14. The topological polar surface area (TPSA) is 79.0 Å². The van der Waals surface area contributed by atoms with Crippen LogP contribution in [-0.2, 0) is 21.2 Å². The summed E-state index contributed by atoms with van der Waals surface area (Å²) >= 11 is 0. The fourth-order valence-electron chi connectivity index (χ4n) is 5.08. The molecule has 3 atom stereocenters. The van der Waals surface area contributed by atoms with Gasteiger partial charge < -0.3 is 14.5 Å². The van der Waals surface area contributed by atoms with Crippen molar-refractivity contribution in [1.82, 2.24) is 14.5 Å². The first-order valence-electron chi connectivity index (χ1n) is 12.6. The lowest BCUT2D eigenvalue weighted by molar-refractivity contribution is -0.134. The molecular weight excluding hydrogens is 462 g/mol. The average Bonchev–Trinajstić information content (AvgIpc) is 3.26. The van der Waals surface area contributed by atoms with Crippen molar-refractivity contribution in [3.63, 3.8) is 0 Å². The Hall–Kier alpha value is -2.42. The van der Waals surface area contributed by atoms with Crippen LogP contribution in [0.2, 0.25) is 0 Å². The van der Waals surface area contributed by atoms with Crippen LogP contribution in [0, 0.1) is 5.92 Å². The summed E-state index contributed by atoms with van der Waals surface area (Å²) in [6.07, 6.45) is 2.63. The highest BCUT2D eigenvalue weighted by Crippen LogP contribution is 2.32. The number of nitrogens with zero attached hydrogens (tertiary/aromatic N) is 2. The van der Waals surface area contributed by atoms with Gasteiger partial charge in [0, 0.05) is 26.7 Å². The minimum absolute atomic E-state index is 0.0105. The van der Waals surface area contributed by atoms with Crippen molar-refractivity contribution < 1.29 is 17.9 Å². The molecule has 2 aliphatic heterocycles. The summed E-state index contributed by atoms with van der Waals surface area (Å²) in [5.41, 5.74) is 2.01. The molecule has 190 valence electrons. The number of hydrogen-bond acceptors (Lipinski definition) is 5. The van der Waals surface area contributed by atoms with Crippen LogP contribution >= 0.6 is 0 Å². The van der Waals surface area contributed by atoms with E-state index in [1.807, 2.05) is 30.1 Å². The molecule has 7 nitrogen and oxygen atoms in total. The Bertz CT molecular complexity index is 1120. The molecule has 2 aromatic rings. The number of rotatable bonds is 9. The van der Waals surface area contributed by atoms with Gasteiger partial charge in [-0.15, -0.1) is 0 Å². The molecule has 2 heterocycles. The Morgan fingerprint density at radius 3 is 2.66 bits per heavy atom. The van der Waals surface area contributed by atoms with Crippen LogP contribution in [0.1, 0.15) is 50.3 Å². The molecular formula is C27H37N3O4S. The van der Waals surface area contributed by atoms with E-state index in [-0.39, 0.29) is 22.9 Å². The third kappa shape index (κ3) is 6.23. The Labute approximate surface area is 209 Å². The Morgan fingerprint density at radius 2 is 1.97 bits per heavy atom. The molecule has 1 N–H and O–H groups in total. The van der Waals surface area contributed by atoms with E-state index in [0.29, 0.717) is 37.5 Å². The lowest BCUT2D eigenvalue weighted by Crippen LogP contribution is -2.40. The van der Waals surface area contributed by atoms with E-state index in [0.717, 1.165) is 30.8 Å². The predicted octanol–water partition coefficient (Wildman–Crippen LogP) is 3.61. The van der Waals surface area contributed by atoms with Gasteiger partial charge >= 0.3 is 0 Å². The second-order valence-corrected chi connectivity index (χ2v) is 11.6. The van der Waals surface area contributed by atoms with E-state index in [9.17, 15) is 13.2 Å². The first-order valence-corrected chi connectivity index (χ1v) is 14.1. The third-order valence-corrected chi connectivity index (χ3v) is 8.64. The number of amides is 1. The van der Waals surface area contributed by atoms with E-state index in [4.69, 9.17) is 4.74 Å².